The highest BCUT2D eigenvalue weighted by atomic mass is 35.5. The molecule has 0 radical (unpaired) electrons. The van der Waals surface area contributed by atoms with E-state index >= 15 is 0 Å². The lowest BCUT2D eigenvalue weighted by molar-refractivity contribution is -0.133. The number of carbonyl (C=O) groups is 1. The van der Waals surface area contributed by atoms with Gasteiger partial charge in [0, 0.05) is 69.2 Å². The van der Waals surface area contributed by atoms with Crippen molar-refractivity contribution in [2.24, 2.45) is 5.92 Å². The highest BCUT2D eigenvalue weighted by Gasteiger charge is 2.23. The van der Waals surface area contributed by atoms with E-state index in [1.165, 1.54) is 11.3 Å². The SMILES string of the molecule is COc1ccccc1-c1cc(CCC2CCC(=O)N(C)C2)n(CN2CCNCC2)c1.Cl. The first-order valence-corrected chi connectivity index (χ1v) is 11.1. The quantitative estimate of drug-likeness (QED) is 0.709. The Kier molecular flexibility index (Phi) is 8.41. The molecule has 170 valence electrons. The maximum absolute atomic E-state index is 11.8. The lowest BCUT2D eigenvalue weighted by Crippen LogP contribution is -2.44. The molecule has 1 atom stereocenters. The molecule has 2 aliphatic rings. The molecule has 2 saturated heterocycles. The number of benzene rings is 1. The Labute approximate surface area is 192 Å². The standard InChI is InChI=1S/C24H34N4O2.ClH/c1-26-16-19(8-10-24(26)29)7-9-21-15-20(22-5-3-4-6-23(22)30-2)17-28(21)18-27-13-11-25-12-14-27;/h3-6,15,17,19,25H,7-14,16,18H2,1-2H3;1H. The van der Waals surface area contributed by atoms with Gasteiger partial charge >= 0.3 is 0 Å². The fourth-order valence-corrected chi connectivity index (χ4v) is 4.68. The molecular weight excluding hydrogens is 412 g/mol. The number of carbonyl (C=O) groups excluding carboxylic acids is 1. The minimum absolute atomic E-state index is 0. The van der Waals surface area contributed by atoms with Crippen LogP contribution in [0.15, 0.2) is 36.5 Å². The molecule has 4 rings (SSSR count). The minimum atomic E-state index is 0. The molecule has 2 fully saturated rings. The Hall–Kier alpha value is -2.02. The number of rotatable bonds is 7. The summed E-state index contributed by atoms with van der Waals surface area (Å²) in [4.78, 5) is 16.2. The van der Waals surface area contributed by atoms with Gasteiger partial charge in [-0.2, -0.15) is 0 Å². The molecular formula is C24H35ClN4O2. The van der Waals surface area contributed by atoms with E-state index in [0.717, 1.165) is 70.0 Å². The van der Waals surface area contributed by atoms with Crippen LogP contribution in [0.5, 0.6) is 5.75 Å². The van der Waals surface area contributed by atoms with Gasteiger partial charge in [0.25, 0.3) is 0 Å². The fraction of sp³-hybridized carbons (Fsp3) is 0.542. The molecule has 0 bridgehead atoms. The van der Waals surface area contributed by atoms with Gasteiger partial charge in [0.1, 0.15) is 5.75 Å². The molecule has 1 amide bonds. The number of hydrogen-bond donors (Lipinski definition) is 1. The zero-order chi connectivity index (χ0) is 20.9. The summed E-state index contributed by atoms with van der Waals surface area (Å²) in [5, 5.41) is 3.44. The maximum Gasteiger partial charge on any atom is 0.222 e. The van der Waals surface area contributed by atoms with E-state index in [0.29, 0.717) is 12.3 Å². The van der Waals surface area contributed by atoms with Crippen LogP contribution in [-0.4, -0.2) is 67.2 Å². The van der Waals surface area contributed by atoms with Crippen molar-refractivity contribution in [2.45, 2.75) is 32.4 Å². The summed E-state index contributed by atoms with van der Waals surface area (Å²) in [6, 6.07) is 10.6. The lowest BCUT2D eigenvalue weighted by atomic mass is 9.92. The largest absolute Gasteiger partial charge is 0.496 e. The van der Waals surface area contributed by atoms with Gasteiger partial charge in [-0.3, -0.25) is 9.69 Å². The number of amides is 1. The number of aryl methyl sites for hydroxylation is 1. The molecule has 0 aliphatic carbocycles. The number of ether oxygens (including phenoxy) is 1. The highest BCUT2D eigenvalue weighted by Crippen LogP contribution is 2.32. The van der Waals surface area contributed by atoms with Crippen molar-refractivity contribution >= 4 is 18.3 Å². The molecule has 3 heterocycles. The zero-order valence-corrected chi connectivity index (χ0v) is 19.5. The van der Waals surface area contributed by atoms with E-state index in [4.69, 9.17) is 4.74 Å². The highest BCUT2D eigenvalue weighted by molar-refractivity contribution is 5.85. The molecule has 0 spiro atoms. The molecule has 2 aliphatic heterocycles. The van der Waals surface area contributed by atoms with Crippen LogP contribution in [0.25, 0.3) is 11.1 Å². The second-order valence-corrected chi connectivity index (χ2v) is 8.62. The fourth-order valence-electron chi connectivity index (χ4n) is 4.68. The average Bonchev–Trinajstić information content (AvgIpc) is 3.17. The number of likely N-dealkylation sites (tertiary alicyclic amines) is 1. The van der Waals surface area contributed by atoms with Crippen molar-refractivity contribution in [1.82, 2.24) is 19.7 Å². The summed E-state index contributed by atoms with van der Waals surface area (Å²) in [7, 11) is 3.67. The number of halogens is 1. The first-order valence-electron chi connectivity index (χ1n) is 11.1. The van der Waals surface area contributed by atoms with Crippen LogP contribution in [0.1, 0.15) is 25.0 Å². The molecule has 1 N–H and O–H groups in total. The van der Waals surface area contributed by atoms with Gasteiger partial charge in [-0.1, -0.05) is 18.2 Å². The Morgan fingerprint density at radius 1 is 1.19 bits per heavy atom. The Bertz CT molecular complexity index is 863. The molecule has 1 aromatic carbocycles. The van der Waals surface area contributed by atoms with E-state index in [1.54, 1.807) is 7.11 Å². The summed E-state index contributed by atoms with van der Waals surface area (Å²) in [6.07, 6.45) is 6.14. The normalized spacial score (nSPS) is 19.9. The van der Waals surface area contributed by atoms with E-state index in [9.17, 15) is 4.79 Å². The van der Waals surface area contributed by atoms with Crippen molar-refractivity contribution < 1.29 is 9.53 Å². The van der Waals surface area contributed by atoms with Gasteiger partial charge in [-0.15, -0.1) is 12.4 Å². The van der Waals surface area contributed by atoms with Crippen LogP contribution < -0.4 is 10.1 Å². The Morgan fingerprint density at radius 2 is 1.97 bits per heavy atom. The van der Waals surface area contributed by atoms with Crippen LogP contribution in [0.2, 0.25) is 0 Å². The monoisotopic (exact) mass is 446 g/mol. The Balaban J connectivity index is 0.00000272. The lowest BCUT2D eigenvalue weighted by Gasteiger charge is -2.30. The number of para-hydroxylation sites is 1. The Morgan fingerprint density at radius 3 is 2.71 bits per heavy atom. The summed E-state index contributed by atoms with van der Waals surface area (Å²) in [5.41, 5.74) is 3.73. The van der Waals surface area contributed by atoms with E-state index < -0.39 is 0 Å². The second kappa shape index (κ2) is 11.0. The van der Waals surface area contributed by atoms with Crippen LogP contribution in [-0.2, 0) is 17.9 Å². The van der Waals surface area contributed by atoms with E-state index in [1.807, 2.05) is 24.1 Å². The van der Waals surface area contributed by atoms with Crippen LogP contribution in [0.3, 0.4) is 0 Å². The summed E-state index contributed by atoms with van der Waals surface area (Å²) >= 11 is 0. The van der Waals surface area contributed by atoms with Gasteiger partial charge in [0.15, 0.2) is 0 Å². The third-order valence-electron chi connectivity index (χ3n) is 6.50. The topological polar surface area (TPSA) is 49.7 Å². The molecule has 31 heavy (non-hydrogen) atoms. The maximum atomic E-state index is 11.8. The number of aromatic nitrogens is 1. The van der Waals surface area contributed by atoms with E-state index in [2.05, 4.69) is 39.2 Å². The number of methoxy groups -OCH3 is 1. The van der Waals surface area contributed by atoms with Gasteiger partial charge in [-0.25, -0.2) is 0 Å². The molecule has 2 aromatic rings. The molecule has 7 heteroatoms. The van der Waals surface area contributed by atoms with Crippen molar-refractivity contribution in [3.63, 3.8) is 0 Å². The van der Waals surface area contributed by atoms with E-state index in [-0.39, 0.29) is 18.3 Å². The van der Waals surface area contributed by atoms with Crippen molar-refractivity contribution in [3.8, 4) is 16.9 Å². The van der Waals surface area contributed by atoms with Crippen LogP contribution >= 0.6 is 12.4 Å². The molecule has 1 unspecified atom stereocenters. The first-order chi connectivity index (χ1) is 14.6. The van der Waals surface area contributed by atoms with Crippen molar-refractivity contribution in [1.29, 1.82) is 0 Å². The number of piperidine rings is 1. The minimum Gasteiger partial charge on any atom is -0.496 e. The number of piperazine rings is 1. The number of nitrogens with one attached hydrogen (secondary N) is 1. The average molecular weight is 447 g/mol. The van der Waals surface area contributed by atoms with Crippen molar-refractivity contribution in [2.75, 3.05) is 46.9 Å². The number of hydrogen-bond acceptors (Lipinski definition) is 4. The van der Waals surface area contributed by atoms with Crippen LogP contribution in [0, 0.1) is 5.92 Å². The van der Waals surface area contributed by atoms with Crippen molar-refractivity contribution in [3.05, 3.63) is 42.2 Å². The molecule has 0 saturated carbocycles. The van der Waals surface area contributed by atoms with Gasteiger partial charge in [-0.05, 0) is 37.3 Å². The molecule has 6 nitrogen and oxygen atoms in total. The summed E-state index contributed by atoms with van der Waals surface area (Å²) < 4.78 is 8.03. The van der Waals surface area contributed by atoms with Gasteiger partial charge < -0.3 is 19.5 Å². The zero-order valence-electron chi connectivity index (χ0n) is 18.7. The predicted molar refractivity (Wildman–Crippen MR) is 127 cm³/mol. The first kappa shape index (κ1) is 23.6. The van der Waals surface area contributed by atoms with Gasteiger partial charge in [0.2, 0.25) is 5.91 Å². The smallest absolute Gasteiger partial charge is 0.222 e. The summed E-state index contributed by atoms with van der Waals surface area (Å²) in [5.74, 6) is 1.78. The third kappa shape index (κ3) is 5.82. The third-order valence-corrected chi connectivity index (χ3v) is 6.50. The predicted octanol–water partition coefficient (Wildman–Crippen LogP) is 3.25. The summed E-state index contributed by atoms with van der Waals surface area (Å²) in [6.45, 7) is 6.08. The second-order valence-electron chi connectivity index (χ2n) is 8.62. The molecule has 1 aromatic heterocycles. The van der Waals surface area contributed by atoms with Crippen LogP contribution in [0.4, 0.5) is 0 Å². The number of nitrogens with zero attached hydrogens (tertiary/aromatic N) is 3. The van der Waals surface area contributed by atoms with Gasteiger partial charge in [0.05, 0.1) is 13.8 Å².